The number of hydrogen-bond donors (Lipinski definition) is 2. The van der Waals surface area contributed by atoms with E-state index in [-0.39, 0.29) is 6.10 Å². The van der Waals surface area contributed by atoms with Gasteiger partial charge in [-0.2, -0.15) is 0 Å². The Hall–Kier alpha value is -0.120. The number of nitrogens with one attached hydrogen (secondary N) is 1. The van der Waals surface area contributed by atoms with E-state index in [0.717, 1.165) is 19.5 Å². The van der Waals surface area contributed by atoms with Gasteiger partial charge in [0.25, 0.3) is 0 Å². The van der Waals surface area contributed by atoms with Crippen molar-refractivity contribution in [2.24, 2.45) is 0 Å². The lowest BCUT2D eigenvalue weighted by Crippen LogP contribution is -2.47. The summed E-state index contributed by atoms with van der Waals surface area (Å²) in [5, 5.41) is 13.5. The summed E-state index contributed by atoms with van der Waals surface area (Å²) >= 11 is 0. The predicted molar refractivity (Wildman–Crippen MR) is 61.9 cm³/mol. The maximum Gasteiger partial charge on any atom is 0.0695 e. The monoisotopic (exact) mass is 212 g/mol. The van der Waals surface area contributed by atoms with Crippen LogP contribution in [0.15, 0.2) is 0 Å². The number of aliphatic hydroxyl groups excluding tert-OH is 1. The lowest BCUT2D eigenvalue weighted by atomic mass is 10.0. The maximum atomic E-state index is 10.1. The average molecular weight is 212 g/mol. The highest BCUT2D eigenvalue weighted by Gasteiger charge is 2.30. The Bertz CT molecular complexity index is 192. The molecule has 1 saturated heterocycles. The number of nitrogens with zero attached hydrogens (tertiary/aromatic N) is 1. The summed E-state index contributed by atoms with van der Waals surface area (Å²) in [7, 11) is 2.19. The Morgan fingerprint density at radius 1 is 1.13 bits per heavy atom. The standard InChI is InChI=1S/C12H24N2O/c1-14(10-7-8-13-9-10)11-5-3-2-4-6-12(11)15/h10-13,15H,2-9H2,1H3. The van der Waals surface area contributed by atoms with Crippen LogP contribution in [0.2, 0.25) is 0 Å². The van der Waals surface area contributed by atoms with Gasteiger partial charge in [-0.1, -0.05) is 19.3 Å². The topological polar surface area (TPSA) is 35.5 Å². The molecule has 2 N–H and O–H groups in total. The Kier molecular flexibility index (Phi) is 4.00. The number of likely N-dealkylation sites (N-methyl/N-ethyl adjacent to an activating group) is 1. The molecule has 2 rings (SSSR count). The Labute approximate surface area is 92.8 Å². The van der Waals surface area contributed by atoms with Crippen LogP contribution in [0.4, 0.5) is 0 Å². The minimum atomic E-state index is -0.0990. The SMILES string of the molecule is CN(C1CCNC1)C1CCCCCC1O. The Balaban J connectivity index is 1.93. The van der Waals surface area contributed by atoms with Crippen molar-refractivity contribution < 1.29 is 5.11 Å². The van der Waals surface area contributed by atoms with E-state index in [1.165, 1.54) is 32.1 Å². The van der Waals surface area contributed by atoms with E-state index in [1.54, 1.807) is 0 Å². The molecular weight excluding hydrogens is 188 g/mol. The lowest BCUT2D eigenvalue weighted by molar-refractivity contribution is 0.0399. The molecule has 0 aromatic heterocycles. The average Bonchev–Trinajstić information content (AvgIpc) is 2.68. The van der Waals surface area contributed by atoms with Gasteiger partial charge >= 0.3 is 0 Å². The molecule has 0 spiro atoms. The molecule has 0 bridgehead atoms. The third-order valence-electron chi connectivity index (χ3n) is 4.08. The van der Waals surface area contributed by atoms with E-state index < -0.39 is 0 Å². The first-order chi connectivity index (χ1) is 7.29. The summed E-state index contributed by atoms with van der Waals surface area (Å²) in [5.41, 5.74) is 0. The first-order valence-electron chi connectivity index (χ1n) is 6.40. The van der Waals surface area contributed by atoms with Gasteiger partial charge in [-0.05, 0) is 32.9 Å². The summed E-state index contributed by atoms with van der Waals surface area (Å²) < 4.78 is 0. The van der Waals surface area contributed by atoms with E-state index >= 15 is 0 Å². The van der Waals surface area contributed by atoms with Crippen LogP contribution in [0.3, 0.4) is 0 Å². The van der Waals surface area contributed by atoms with Crippen LogP contribution in [-0.2, 0) is 0 Å². The molecule has 1 aliphatic carbocycles. The van der Waals surface area contributed by atoms with Gasteiger partial charge in [0.05, 0.1) is 6.10 Å². The zero-order chi connectivity index (χ0) is 10.7. The van der Waals surface area contributed by atoms with Crippen molar-refractivity contribution in [3.8, 4) is 0 Å². The van der Waals surface area contributed by atoms with Crippen molar-refractivity contribution in [2.45, 2.75) is 56.7 Å². The van der Waals surface area contributed by atoms with Crippen molar-refractivity contribution in [1.82, 2.24) is 10.2 Å². The highest BCUT2D eigenvalue weighted by atomic mass is 16.3. The maximum absolute atomic E-state index is 10.1. The van der Waals surface area contributed by atoms with Crippen molar-refractivity contribution in [1.29, 1.82) is 0 Å². The molecule has 3 heteroatoms. The highest BCUT2D eigenvalue weighted by molar-refractivity contribution is 4.87. The third kappa shape index (κ3) is 2.71. The number of rotatable bonds is 2. The summed E-state index contributed by atoms with van der Waals surface area (Å²) in [4.78, 5) is 2.43. The molecule has 3 nitrogen and oxygen atoms in total. The number of hydrogen-bond acceptors (Lipinski definition) is 3. The fourth-order valence-electron chi connectivity index (χ4n) is 3.00. The Morgan fingerprint density at radius 2 is 1.93 bits per heavy atom. The third-order valence-corrected chi connectivity index (χ3v) is 4.08. The molecule has 0 radical (unpaired) electrons. The minimum absolute atomic E-state index is 0.0990. The van der Waals surface area contributed by atoms with Gasteiger partial charge in [-0.15, -0.1) is 0 Å². The molecule has 1 aliphatic heterocycles. The second kappa shape index (κ2) is 5.28. The molecule has 0 aromatic carbocycles. The van der Waals surface area contributed by atoms with Gasteiger partial charge in [0.1, 0.15) is 0 Å². The van der Waals surface area contributed by atoms with Gasteiger partial charge < -0.3 is 10.4 Å². The van der Waals surface area contributed by atoms with E-state index in [2.05, 4.69) is 17.3 Å². The first kappa shape index (κ1) is 11.4. The molecule has 0 aromatic rings. The van der Waals surface area contributed by atoms with Crippen LogP contribution < -0.4 is 5.32 Å². The predicted octanol–water partition coefficient (Wildman–Crippen LogP) is 0.974. The highest BCUT2D eigenvalue weighted by Crippen LogP contribution is 2.24. The minimum Gasteiger partial charge on any atom is -0.391 e. The second-order valence-corrected chi connectivity index (χ2v) is 5.08. The van der Waals surface area contributed by atoms with Crippen molar-refractivity contribution in [3.05, 3.63) is 0 Å². The van der Waals surface area contributed by atoms with Crippen molar-refractivity contribution in [3.63, 3.8) is 0 Å². The smallest absolute Gasteiger partial charge is 0.0695 e. The second-order valence-electron chi connectivity index (χ2n) is 5.08. The van der Waals surface area contributed by atoms with Crippen LogP contribution in [0.5, 0.6) is 0 Å². The molecule has 3 atom stereocenters. The summed E-state index contributed by atoms with van der Waals surface area (Å²) in [6, 6.07) is 1.04. The molecule has 1 heterocycles. The summed E-state index contributed by atoms with van der Waals surface area (Å²) in [6.45, 7) is 2.23. The van der Waals surface area contributed by atoms with Crippen LogP contribution >= 0.6 is 0 Å². The van der Waals surface area contributed by atoms with Crippen LogP contribution in [0.1, 0.15) is 38.5 Å². The normalized spacial score (nSPS) is 38.2. The zero-order valence-electron chi connectivity index (χ0n) is 9.78. The van der Waals surface area contributed by atoms with Gasteiger partial charge in [0, 0.05) is 18.6 Å². The fourth-order valence-corrected chi connectivity index (χ4v) is 3.00. The van der Waals surface area contributed by atoms with E-state index in [0.29, 0.717) is 12.1 Å². The van der Waals surface area contributed by atoms with E-state index in [4.69, 9.17) is 0 Å². The van der Waals surface area contributed by atoms with Crippen LogP contribution in [0, 0.1) is 0 Å². The van der Waals surface area contributed by atoms with Gasteiger partial charge in [-0.25, -0.2) is 0 Å². The molecule has 2 fully saturated rings. The van der Waals surface area contributed by atoms with Gasteiger partial charge in [0.2, 0.25) is 0 Å². The molecule has 3 unspecified atom stereocenters. The molecule has 1 saturated carbocycles. The Morgan fingerprint density at radius 3 is 2.67 bits per heavy atom. The van der Waals surface area contributed by atoms with Crippen LogP contribution in [0.25, 0.3) is 0 Å². The molecule has 88 valence electrons. The van der Waals surface area contributed by atoms with E-state index in [9.17, 15) is 5.11 Å². The van der Waals surface area contributed by atoms with E-state index in [1.807, 2.05) is 0 Å². The molecule has 2 aliphatic rings. The fraction of sp³-hybridized carbons (Fsp3) is 1.00. The summed E-state index contributed by atoms with van der Waals surface area (Å²) in [5.74, 6) is 0. The van der Waals surface area contributed by atoms with Crippen molar-refractivity contribution in [2.75, 3.05) is 20.1 Å². The number of aliphatic hydroxyl groups is 1. The van der Waals surface area contributed by atoms with Gasteiger partial charge in [0.15, 0.2) is 0 Å². The first-order valence-corrected chi connectivity index (χ1v) is 6.40. The molecule has 15 heavy (non-hydrogen) atoms. The quantitative estimate of drug-likeness (QED) is 0.670. The largest absolute Gasteiger partial charge is 0.391 e. The molecule has 0 amide bonds. The van der Waals surface area contributed by atoms with Crippen molar-refractivity contribution >= 4 is 0 Å². The van der Waals surface area contributed by atoms with Crippen LogP contribution in [-0.4, -0.2) is 48.3 Å². The zero-order valence-corrected chi connectivity index (χ0v) is 9.78. The molecular formula is C12H24N2O. The van der Waals surface area contributed by atoms with Gasteiger partial charge in [-0.3, -0.25) is 4.90 Å². The lowest BCUT2D eigenvalue weighted by Gasteiger charge is -2.34. The summed E-state index contributed by atoms with van der Waals surface area (Å²) in [6.07, 6.45) is 7.09.